The molecule has 0 spiro atoms. The number of rotatable bonds is 2. The second-order valence-electron chi connectivity index (χ2n) is 4.54. The van der Waals surface area contributed by atoms with Gasteiger partial charge in [0.25, 0.3) is 0 Å². The average molecular weight is 312 g/mol. The highest BCUT2D eigenvalue weighted by Crippen LogP contribution is 2.56. The van der Waals surface area contributed by atoms with Gasteiger partial charge in [0.2, 0.25) is 0 Å². The Morgan fingerprint density at radius 1 is 1.08 bits per heavy atom. The van der Waals surface area contributed by atoms with Gasteiger partial charge in [0, 0.05) is 0 Å². The number of alkyl halides is 2. The van der Waals surface area contributed by atoms with Crippen LogP contribution in [0.15, 0.2) is 0 Å². The van der Waals surface area contributed by atoms with E-state index in [2.05, 4.69) is 59.6 Å². The summed E-state index contributed by atoms with van der Waals surface area (Å²) in [6, 6.07) is 0. The van der Waals surface area contributed by atoms with E-state index in [9.17, 15) is 4.79 Å². The first kappa shape index (κ1) is 11.7. The van der Waals surface area contributed by atoms with Crippen LogP contribution in [0.5, 0.6) is 0 Å². The van der Waals surface area contributed by atoms with Crippen molar-refractivity contribution in [2.45, 2.75) is 42.8 Å². The molecular weight excluding hydrogens is 296 g/mol. The Labute approximate surface area is 96.9 Å². The first-order valence-corrected chi connectivity index (χ1v) is 6.26. The van der Waals surface area contributed by atoms with Crippen molar-refractivity contribution in [3.05, 3.63) is 0 Å². The highest BCUT2D eigenvalue weighted by Gasteiger charge is 2.63. The van der Waals surface area contributed by atoms with Crippen LogP contribution in [0, 0.1) is 11.8 Å². The normalized spacial score (nSPS) is 39.8. The summed E-state index contributed by atoms with van der Waals surface area (Å²) in [6.45, 7) is 8.33. The lowest BCUT2D eigenvalue weighted by atomic mass is 9.64. The van der Waals surface area contributed by atoms with Gasteiger partial charge in [-0.1, -0.05) is 59.6 Å². The van der Waals surface area contributed by atoms with E-state index in [1.807, 2.05) is 0 Å². The number of carbonyl (C=O) groups is 1. The third-order valence-corrected chi connectivity index (χ3v) is 6.21. The molecule has 1 saturated carbocycles. The fourth-order valence-corrected chi connectivity index (χ4v) is 3.94. The molecule has 0 aromatic carbocycles. The molecule has 0 saturated heterocycles. The maximum atomic E-state index is 12.0. The molecule has 0 aliphatic heterocycles. The second-order valence-corrected chi connectivity index (χ2v) is 7.37. The van der Waals surface area contributed by atoms with Gasteiger partial charge in [-0.15, -0.1) is 0 Å². The van der Waals surface area contributed by atoms with Gasteiger partial charge in [0.1, 0.15) is 0 Å². The Hall–Kier alpha value is 0.630. The lowest BCUT2D eigenvalue weighted by molar-refractivity contribution is -0.133. The Bertz CT molecular complexity index is 215. The van der Waals surface area contributed by atoms with Crippen LogP contribution in [0.4, 0.5) is 0 Å². The molecule has 1 rings (SSSR count). The fraction of sp³-hybridized carbons (Fsp3) is 0.900. The summed E-state index contributed by atoms with van der Waals surface area (Å²) >= 11 is 7.12. The summed E-state index contributed by atoms with van der Waals surface area (Å²) in [5, 5.41) is 0. The molecule has 3 heteroatoms. The summed E-state index contributed by atoms with van der Waals surface area (Å²) in [6.07, 6.45) is 0.897. The van der Waals surface area contributed by atoms with E-state index < -0.39 is 0 Å². The van der Waals surface area contributed by atoms with Crippen LogP contribution in [0.2, 0.25) is 0 Å². The number of hydrogen-bond donors (Lipinski definition) is 0. The zero-order valence-corrected chi connectivity index (χ0v) is 11.7. The molecule has 2 atom stereocenters. The number of Topliss-reactive ketones (excluding diaryl/α,β-unsaturated/α-hetero) is 1. The molecular formula is C10H16Br2O. The summed E-state index contributed by atoms with van der Waals surface area (Å²) in [4.78, 5) is 12.0. The Morgan fingerprint density at radius 3 is 1.54 bits per heavy atom. The van der Waals surface area contributed by atoms with E-state index in [0.717, 1.165) is 6.42 Å². The summed E-state index contributed by atoms with van der Waals surface area (Å²) < 4.78 is -0.554. The standard InChI is InChI=1S/C10H16Br2O/c1-6(2)9(11)5-10(12,7(3)4)8(9)13/h6-7H,5H2,1-4H3/t9-,10-/m1/s1. The van der Waals surface area contributed by atoms with Gasteiger partial charge in [0.15, 0.2) is 5.78 Å². The third-order valence-electron chi connectivity index (χ3n) is 3.10. The molecule has 0 unspecified atom stereocenters. The second kappa shape index (κ2) is 3.34. The van der Waals surface area contributed by atoms with E-state index in [0.29, 0.717) is 17.6 Å². The number of hydrogen-bond acceptors (Lipinski definition) is 1. The summed E-state index contributed by atoms with van der Waals surface area (Å²) in [5.41, 5.74) is 0. The highest BCUT2D eigenvalue weighted by atomic mass is 79.9. The highest BCUT2D eigenvalue weighted by molar-refractivity contribution is 9.11. The molecule has 0 radical (unpaired) electrons. The SMILES string of the molecule is CC(C)[C@]1(Br)C[C@@](Br)(C(C)C)C1=O. The van der Waals surface area contributed by atoms with Crippen molar-refractivity contribution in [1.29, 1.82) is 0 Å². The largest absolute Gasteiger partial charge is 0.297 e. The van der Waals surface area contributed by atoms with Crippen molar-refractivity contribution in [3.63, 3.8) is 0 Å². The molecule has 0 amide bonds. The van der Waals surface area contributed by atoms with Crippen LogP contribution in [0.1, 0.15) is 34.1 Å². The maximum Gasteiger partial charge on any atom is 0.166 e. The maximum absolute atomic E-state index is 12.0. The quantitative estimate of drug-likeness (QED) is 0.713. The zero-order chi connectivity index (χ0) is 10.4. The van der Waals surface area contributed by atoms with Crippen molar-refractivity contribution in [3.8, 4) is 0 Å². The zero-order valence-electron chi connectivity index (χ0n) is 8.53. The smallest absolute Gasteiger partial charge is 0.166 e. The average Bonchev–Trinajstić information content (AvgIpc) is 2.02. The lowest BCUT2D eigenvalue weighted by Crippen LogP contribution is -2.65. The first-order valence-electron chi connectivity index (χ1n) is 4.68. The van der Waals surface area contributed by atoms with Crippen molar-refractivity contribution in [2.75, 3.05) is 0 Å². The molecule has 0 N–H and O–H groups in total. The van der Waals surface area contributed by atoms with Crippen LogP contribution in [-0.4, -0.2) is 14.4 Å². The van der Waals surface area contributed by atoms with E-state index >= 15 is 0 Å². The predicted octanol–water partition coefficient (Wildman–Crippen LogP) is 3.54. The van der Waals surface area contributed by atoms with Gasteiger partial charge in [-0.05, 0) is 18.3 Å². The molecule has 0 bridgehead atoms. The summed E-state index contributed by atoms with van der Waals surface area (Å²) in [5.74, 6) is 1.04. The van der Waals surface area contributed by atoms with Crippen LogP contribution in [-0.2, 0) is 4.79 Å². The minimum absolute atomic E-state index is 0.277. The number of carbonyl (C=O) groups excluding carboxylic acids is 1. The Morgan fingerprint density at radius 2 is 1.38 bits per heavy atom. The van der Waals surface area contributed by atoms with Gasteiger partial charge >= 0.3 is 0 Å². The fourth-order valence-electron chi connectivity index (χ4n) is 1.71. The van der Waals surface area contributed by atoms with Gasteiger partial charge in [-0.25, -0.2) is 0 Å². The topological polar surface area (TPSA) is 17.1 Å². The van der Waals surface area contributed by atoms with Gasteiger partial charge in [-0.2, -0.15) is 0 Å². The first-order chi connectivity index (χ1) is 5.75. The molecule has 0 heterocycles. The van der Waals surface area contributed by atoms with Crippen molar-refractivity contribution in [1.82, 2.24) is 0 Å². The molecule has 13 heavy (non-hydrogen) atoms. The third kappa shape index (κ3) is 1.52. The predicted molar refractivity (Wildman–Crippen MR) is 62.6 cm³/mol. The van der Waals surface area contributed by atoms with Gasteiger partial charge in [-0.3, -0.25) is 4.79 Å². The van der Waals surface area contributed by atoms with Gasteiger partial charge < -0.3 is 0 Å². The number of ketones is 1. The molecule has 1 aliphatic carbocycles. The molecule has 1 fully saturated rings. The van der Waals surface area contributed by atoms with Crippen LogP contribution in [0.3, 0.4) is 0 Å². The monoisotopic (exact) mass is 310 g/mol. The Balaban J connectivity index is 2.83. The van der Waals surface area contributed by atoms with E-state index in [-0.39, 0.29) is 8.65 Å². The van der Waals surface area contributed by atoms with Crippen LogP contribution >= 0.6 is 31.9 Å². The molecule has 0 aromatic heterocycles. The van der Waals surface area contributed by atoms with Crippen molar-refractivity contribution < 1.29 is 4.79 Å². The van der Waals surface area contributed by atoms with Crippen LogP contribution in [0.25, 0.3) is 0 Å². The van der Waals surface area contributed by atoms with Crippen LogP contribution < -0.4 is 0 Å². The van der Waals surface area contributed by atoms with E-state index in [1.165, 1.54) is 0 Å². The van der Waals surface area contributed by atoms with Crippen molar-refractivity contribution in [2.24, 2.45) is 11.8 Å². The molecule has 76 valence electrons. The molecule has 1 nitrogen and oxygen atoms in total. The number of halogens is 2. The van der Waals surface area contributed by atoms with E-state index in [1.54, 1.807) is 0 Å². The molecule has 1 aliphatic rings. The minimum atomic E-state index is -0.277. The van der Waals surface area contributed by atoms with Crippen molar-refractivity contribution >= 4 is 37.6 Å². The van der Waals surface area contributed by atoms with Gasteiger partial charge in [0.05, 0.1) is 8.65 Å². The Kier molecular flexibility index (Phi) is 3.00. The molecule has 0 aromatic rings. The van der Waals surface area contributed by atoms with E-state index in [4.69, 9.17) is 0 Å². The summed E-state index contributed by atoms with van der Waals surface area (Å²) in [7, 11) is 0. The lowest BCUT2D eigenvalue weighted by Gasteiger charge is -2.52. The minimum Gasteiger partial charge on any atom is -0.297 e.